The number of aromatic nitrogens is 2. The lowest BCUT2D eigenvalue weighted by Crippen LogP contribution is -2.51. The summed E-state index contributed by atoms with van der Waals surface area (Å²) in [6.45, 7) is 13.0. The van der Waals surface area contributed by atoms with E-state index in [-0.39, 0.29) is 23.9 Å². The number of rotatable bonds is 10. The zero-order valence-electron chi connectivity index (χ0n) is 38.8. The second kappa shape index (κ2) is 23.1. The molecule has 0 spiro atoms. The van der Waals surface area contributed by atoms with E-state index in [0.717, 1.165) is 65.6 Å². The van der Waals surface area contributed by atoms with Gasteiger partial charge >= 0.3 is 12.1 Å². The van der Waals surface area contributed by atoms with Crippen LogP contribution in [0.2, 0.25) is 0 Å². The van der Waals surface area contributed by atoms with E-state index in [9.17, 15) is 19.2 Å². The van der Waals surface area contributed by atoms with E-state index in [4.69, 9.17) is 4.74 Å². The Morgan fingerprint density at radius 1 is 0.603 bits per heavy atom. The summed E-state index contributed by atoms with van der Waals surface area (Å²) in [4.78, 5) is 74.3. The number of fused-ring (bicyclic) bond motifs is 4. The first-order chi connectivity index (χ1) is 33.4. The molecule has 17 nitrogen and oxygen atoms in total. The molecule has 10 rings (SSSR count). The molecule has 0 aliphatic carbocycles. The van der Waals surface area contributed by atoms with Crippen LogP contribution in [0.5, 0.6) is 0 Å². The molecule has 18 heteroatoms. The maximum Gasteiger partial charge on any atom is 0.327 e. The van der Waals surface area contributed by atoms with E-state index in [2.05, 4.69) is 50.8 Å². The van der Waals surface area contributed by atoms with Crippen LogP contribution in [0.4, 0.5) is 44.0 Å². The number of hydrogen-bond acceptors (Lipinski definition) is 12. The molecule has 0 bridgehead atoms. The third kappa shape index (κ3) is 11.4. The molecule has 2 unspecified atom stereocenters. The number of pyridine rings is 2. The van der Waals surface area contributed by atoms with Crippen LogP contribution in [-0.4, -0.2) is 169 Å². The van der Waals surface area contributed by atoms with Gasteiger partial charge in [-0.1, -0.05) is 37.1 Å². The van der Waals surface area contributed by atoms with E-state index in [1.165, 1.54) is 72.9 Å². The maximum absolute atomic E-state index is 13.4. The quantitative estimate of drug-likeness (QED) is 0.145. The molecule has 6 aliphatic rings. The number of carbonyl (C=O) groups excluding carboxylic acids is 4. The van der Waals surface area contributed by atoms with Gasteiger partial charge in [-0.15, -0.1) is 0 Å². The summed E-state index contributed by atoms with van der Waals surface area (Å²) in [7, 11) is 0. The van der Waals surface area contributed by atoms with Crippen molar-refractivity contribution in [2.45, 2.75) is 50.6 Å². The SMILES string of the molecule is O=C1Nc2cccnc2N(C(=O)NCCN2CCCCC2CN2CCOCC2)c2ccccc21.O=C1Nc2cccnc2N(C(=O)NCCN2CCCCC2CN2CCSCC2)c2ccccc21. The number of anilines is 6. The Morgan fingerprint density at radius 3 is 1.57 bits per heavy atom. The van der Waals surface area contributed by atoms with Gasteiger partial charge in [0.15, 0.2) is 11.6 Å². The molecule has 6 amide bonds. The van der Waals surface area contributed by atoms with Crippen LogP contribution in [0.25, 0.3) is 0 Å². The fourth-order valence-electron chi connectivity index (χ4n) is 10.1. The first-order valence-electron chi connectivity index (χ1n) is 24.4. The number of nitrogens with zero attached hydrogens (tertiary/aromatic N) is 8. The number of hydrogen-bond donors (Lipinski definition) is 4. The van der Waals surface area contributed by atoms with Crippen LogP contribution in [0, 0.1) is 0 Å². The summed E-state index contributed by atoms with van der Waals surface area (Å²) in [5, 5.41) is 11.9. The summed E-state index contributed by atoms with van der Waals surface area (Å²) in [6, 6.07) is 21.8. The lowest BCUT2D eigenvalue weighted by atomic mass is 10.0. The van der Waals surface area contributed by atoms with Crippen molar-refractivity contribution in [3.63, 3.8) is 0 Å². The molecule has 68 heavy (non-hydrogen) atoms. The molecular formula is C50H64N12O5S. The van der Waals surface area contributed by atoms with Crippen LogP contribution >= 0.6 is 11.8 Å². The van der Waals surface area contributed by atoms with E-state index in [0.29, 0.717) is 70.7 Å². The molecule has 4 saturated heterocycles. The topological polar surface area (TPSA) is 171 Å². The molecule has 2 atom stereocenters. The number of morpholine rings is 1. The Morgan fingerprint density at radius 2 is 1.07 bits per heavy atom. The van der Waals surface area contributed by atoms with Gasteiger partial charge in [-0.25, -0.2) is 29.4 Å². The lowest BCUT2D eigenvalue weighted by Gasteiger charge is -2.39. The second-order valence-electron chi connectivity index (χ2n) is 18.0. The minimum absolute atomic E-state index is 0.243. The van der Waals surface area contributed by atoms with Gasteiger partial charge in [0.1, 0.15) is 0 Å². The minimum atomic E-state index is -0.286. The van der Waals surface area contributed by atoms with Crippen molar-refractivity contribution >= 4 is 70.0 Å². The number of likely N-dealkylation sites (tertiary alicyclic amines) is 2. The number of ether oxygens (including phenoxy) is 1. The van der Waals surface area contributed by atoms with Gasteiger partial charge in [0.2, 0.25) is 0 Å². The molecule has 4 fully saturated rings. The van der Waals surface area contributed by atoms with E-state index in [1.54, 1.807) is 73.1 Å². The number of thioether (sulfide) groups is 1. The maximum atomic E-state index is 13.4. The van der Waals surface area contributed by atoms with E-state index >= 15 is 0 Å². The number of piperidine rings is 2. The van der Waals surface area contributed by atoms with Crippen LogP contribution in [-0.2, 0) is 4.74 Å². The summed E-state index contributed by atoms with van der Waals surface area (Å²) in [5.74, 6) is 2.81. The van der Waals surface area contributed by atoms with Crippen molar-refractivity contribution in [2.24, 2.45) is 0 Å². The molecule has 2 aromatic carbocycles. The summed E-state index contributed by atoms with van der Waals surface area (Å²) >= 11 is 2.05. The smallest absolute Gasteiger partial charge is 0.327 e. The highest BCUT2D eigenvalue weighted by Crippen LogP contribution is 2.37. The molecule has 2 aromatic heterocycles. The molecule has 4 aromatic rings. The first-order valence-corrected chi connectivity index (χ1v) is 25.5. The summed E-state index contributed by atoms with van der Waals surface area (Å²) < 4.78 is 5.49. The molecule has 0 radical (unpaired) electrons. The number of urea groups is 2. The number of benzene rings is 2. The first kappa shape index (κ1) is 47.4. The van der Waals surface area contributed by atoms with E-state index in [1.807, 2.05) is 23.9 Å². The van der Waals surface area contributed by atoms with Crippen LogP contribution < -0.4 is 31.1 Å². The van der Waals surface area contributed by atoms with E-state index < -0.39 is 0 Å². The van der Waals surface area contributed by atoms with Crippen molar-refractivity contribution < 1.29 is 23.9 Å². The minimum Gasteiger partial charge on any atom is -0.379 e. The Balaban J connectivity index is 0.000000170. The zero-order chi connectivity index (χ0) is 46.7. The highest BCUT2D eigenvalue weighted by Gasteiger charge is 2.33. The number of amides is 6. The van der Waals surface area contributed by atoms with Gasteiger partial charge in [-0.05, 0) is 87.3 Å². The summed E-state index contributed by atoms with van der Waals surface area (Å²) in [6.07, 6.45) is 10.6. The zero-order valence-corrected chi connectivity index (χ0v) is 39.6. The molecular weight excluding hydrogens is 881 g/mol. The molecule has 8 heterocycles. The average molecular weight is 945 g/mol. The molecule has 6 aliphatic heterocycles. The van der Waals surface area contributed by atoms with Gasteiger partial charge in [0.25, 0.3) is 11.8 Å². The lowest BCUT2D eigenvalue weighted by molar-refractivity contribution is 0.0170. The Kier molecular flexibility index (Phi) is 16.1. The second-order valence-corrected chi connectivity index (χ2v) is 19.2. The van der Waals surface area contributed by atoms with Gasteiger partial charge in [0.05, 0.1) is 47.1 Å². The summed E-state index contributed by atoms with van der Waals surface area (Å²) in [5.41, 5.74) is 2.99. The molecule has 360 valence electrons. The van der Waals surface area contributed by atoms with Crippen molar-refractivity contribution in [3.8, 4) is 0 Å². The number of carbonyl (C=O) groups is 4. The monoisotopic (exact) mass is 944 g/mol. The Labute approximate surface area is 403 Å². The van der Waals surface area contributed by atoms with Gasteiger partial charge in [0, 0.05) is 101 Å². The van der Waals surface area contributed by atoms with Crippen molar-refractivity contribution in [1.82, 2.24) is 40.2 Å². The van der Waals surface area contributed by atoms with Gasteiger partial charge < -0.3 is 30.9 Å². The predicted octanol–water partition coefficient (Wildman–Crippen LogP) is 6.08. The average Bonchev–Trinajstić information content (AvgIpc) is 3.58. The standard InChI is InChI=1S/C25H32N6O3.C25H32N6O2S/c2*32-24-20-7-1-2-9-22(20)31(23-21(28-24)8-5-10-26-23)25(33)27-11-13-30-12-4-3-6-19(30)18-29-14-16-34-17-15-29/h2*1-2,5,7-10,19H,3-4,6,11-18H2,(H,27,33)(H,28,32). The third-order valence-electron chi connectivity index (χ3n) is 13.7. The third-order valence-corrected chi connectivity index (χ3v) is 14.6. The largest absolute Gasteiger partial charge is 0.379 e. The Bertz CT molecular complexity index is 2220. The highest BCUT2D eigenvalue weighted by molar-refractivity contribution is 7.99. The van der Waals surface area contributed by atoms with Crippen molar-refractivity contribution in [3.05, 3.63) is 96.3 Å². The number of para-hydroxylation sites is 2. The van der Waals surface area contributed by atoms with Gasteiger partial charge in [-0.2, -0.15) is 11.8 Å². The van der Waals surface area contributed by atoms with Crippen LogP contribution in [0.15, 0.2) is 85.2 Å². The Hall–Kier alpha value is -5.63. The van der Waals surface area contributed by atoms with Crippen LogP contribution in [0.3, 0.4) is 0 Å². The fraction of sp³-hybridized carbons (Fsp3) is 0.480. The van der Waals surface area contributed by atoms with Crippen LogP contribution in [0.1, 0.15) is 59.2 Å². The van der Waals surface area contributed by atoms with Crippen molar-refractivity contribution in [2.75, 3.05) is 124 Å². The fourth-order valence-corrected chi connectivity index (χ4v) is 11.1. The molecule has 4 N–H and O–H groups in total. The predicted molar refractivity (Wildman–Crippen MR) is 268 cm³/mol. The number of nitrogens with one attached hydrogen (secondary N) is 4. The normalized spacial score (nSPS) is 21.2. The van der Waals surface area contributed by atoms with Gasteiger partial charge in [-0.3, -0.25) is 24.3 Å². The molecule has 0 saturated carbocycles. The van der Waals surface area contributed by atoms with Crippen molar-refractivity contribution in [1.29, 1.82) is 0 Å². The highest BCUT2D eigenvalue weighted by atomic mass is 32.2.